The van der Waals surface area contributed by atoms with Gasteiger partial charge in [0.15, 0.2) is 0 Å². The number of para-hydroxylation sites is 1. The smallest absolute Gasteiger partial charge is 0.340 e. The third-order valence-electron chi connectivity index (χ3n) is 3.29. The van der Waals surface area contributed by atoms with E-state index in [0.717, 1.165) is 23.7 Å². The fraction of sp³-hybridized carbons (Fsp3) is 0.188. The first kappa shape index (κ1) is 13.3. The molecule has 0 aliphatic rings. The molecule has 2 heterocycles. The van der Waals surface area contributed by atoms with Crippen LogP contribution in [0, 0.1) is 0 Å². The van der Waals surface area contributed by atoms with Gasteiger partial charge in [-0.1, -0.05) is 12.1 Å². The Morgan fingerprint density at radius 2 is 2.05 bits per heavy atom. The van der Waals surface area contributed by atoms with Crippen molar-refractivity contribution in [3.8, 4) is 0 Å². The quantitative estimate of drug-likeness (QED) is 0.577. The summed E-state index contributed by atoms with van der Waals surface area (Å²) in [6, 6.07) is 9.40. The molecule has 0 fully saturated rings. The van der Waals surface area contributed by atoms with Gasteiger partial charge in [-0.2, -0.15) is 5.10 Å². The van der Waals surface area contributed by atoms with Gasteiger partial charge in [-0.05, 0) is 36.6 Å². The van der Waals surface area contributed by atoms with Crippen LogP contribution in [-0.4, -0.2) is 27.8 Å². The second-order valence-electron chi connectivity index (χ2n) is 4.73. The van der Waals surface area contributed by atoms with E-state index in [4.69, 9.17) is 4.74 Å². The normalized spacial score (nSPS) is 10.7. The standard InChI is InChI=1S/C16H15N3O2/c20-16(14-5-1-4-13-11-18-19-15(13)14)21-10-2-3-12-6-8-17-9-7-12/h1,4-9,11H,2-3,10H2,(H,18,19). The van der Waals surface area contributed by atoms with Crippen LogP contribution in [0.15, 0.2) is 48.9 Å². The predicted molar refractivity (Wildman–Crippen MR) is 78.9 cm³/mol. The summed E-state index contributed by atoms with van der Waals surface area (Å²) in [5, 5.41) is 7.67. The number of hydrogen-bond donors (Lipinski definition) is 1. The predicted octanol–water partition coefficient (Wildman–Crippen LogP) is 2.75. The number of carbonyl (C=O) groups is 1. The molecule has 0 spiro atoms. The first-order valence-electron chi connectivity index (χ1n) is 6.83. The van der Waals surface area contributed by atoms with Crippen LogP contribution in [0.4, 0.5) is 0 Å². The number of fused-ring (bicyclic) bond motifs is 1. The minimum Gasteiger partial charge on any atom is -0.462 e. The zero-order valence-electron chi connectivity index (χ0n) is 11.5. The van der Waals surface area contributed by atoms with E-state index in [1.807, 2.05) is 24.3 Å². The van der Waals surface area contributed by atoms with Crippen molar-refractivity contribution >= 4 is 16.9 Å². The van der Waals surface area contributed by atoms with E-state index < -0.39 is 0 Å². The van der Waals surface area contributed by atoms with Crippen molar-refractivity contribution in [1.82, 2.24) is 15.2 Å². The van der Waals surface area contributed by atoms with Gasteiger partial charge >= 0.3 is 5.97 Å². The Bertz CT molecular complexity index is 737. The Morgan fingerprint density at radius 1 is 1.19 bits per heavy atom. The van der Waals surface area contributed by atoms with Crippen LogP contribution in [-0.2, 0) is 11.2 Å². The molecule has 0 saturated carbocycles. The lowest BCUT2D eigenvalue weighted by Crippen LogP contribution is -2.07. The average molecular weight is 281 g/mol. The number of aromatic amines is 1. The summed E-state index contributed by atoms with van der Waals surface area (Å²) in [4.78, 5) is 16.1. The minimum atomic E-state index is -0.320. The van der Waals surface area contributed by atoms with Gasteiger partial charge in [-0.15, -0.1) is 0 Å². The maximum absolute atomic E-state index is 12.1. The van der Waals surface area contributed by atoms with Gasteiger partial charge in [0.1, 0.15) is 0 Å². The molecule has 0 saturated heterocycles. The van der Waals surface area contributed by atoms with Crippen LogP contribution in [0.1, 0.15) is 22.3 Å². The number of nitrogens with zero attached hydrogens (tertiary/aromatic N) is 2. The van der Waals surface area contributed by atoms with Crippen molar-refractivity contribution in [1.29, 1.82) is 0 Å². The maximum Gasteiger partial charge on any atom is 0.340 e. The van der Waals surface area contributed by atoms with Gasteiger partial charge in [0.2, 0.25) is 0 Å². The highest BCUT2D eigenvalue weighted by Gasteiger charge is 2.12. The third-order valence-corrected chi connectivity index (χ3v) is 3.29. The number of rotatable bonds is 5. The molecule has 5 heteroatoms. The van der Waals surface area contributed by atoms with Crippen molar-refractivity contribution in [2.24, 2.45) is 0 Å². The molecule has 21 heavy (non-hydrogen) atoms. The molecule has 0 radical (unpaired) electrons. The number of aryl methyl sites for hydroxylation is 1. The molecule has 0 amide bonds. The van der Waals surface area contributed by atoms with Crippen LogP contribution >= 0.6 is 0 Å². The summed E-state index contributed by atoms with van der Waals surface area (Å²) in [5.74, 6) is -0.320. The first-order chi connectivity index (χ1) is 10.3. The molecule has 106 valence electrons. The monoisotopic (exact) mass is 281 g/mol. The molecule has 0 unspecified atom stereocenters. The van der Waals surface area contributed by atoms with Gasteiger partial charge in [0.25, 0.3) is 0 Å². The molecule has 2 aromatic heterocycles. The third kappa shape index (κ3) is 3.08. The zero-order chi connectivity index (χ0) is 14.5. The number of esters is 1. The van der Waals surface area contributed by atoms with Gasteiger partial charge in [0, 0.05) is 17.8 Å². The average Bonchev–Trinajstić information content (AvgIpc) is 3.01. The van der Waals surface area contributed by atoms with Crippen LogP contribution in [0.2, 0.25) is 0 Å². The first-order valence-corrected chi connectivity index (χ1v) is 6.83. The highest BCUT2D eigenvalue weighted by molar-refractivity contribution is 6.02. The van der Waals surface area contributed by atoms with E-state index in [1.165, 1.54) is 5.56 Å². The Kier molecular flexibility index (Phi) is 3.91. The van der Waals surface area contributed by atoms with Crippen molar-refractivity contribution in [2.45, 2.75) is 12.8 Å². The number of carbonyl (C=O) groups excluding carboxylic acids is 1. The summed E-state index contributed by atoms with van der Waals surface area (Å²) >= 11 is 0. The van der Waals surface area contributed by atoms with Gasteiger partial charge < -0.3 is 4.74 Å². The second-order valence-corrected chi connectivity index (χ2v) is 4.73. The van der Waals surface area contributed by atoms with Crippen molar-refractivity contribution in [2.75, 3.05) is 6.61 Å². The lowest BCUT2D eigenvalue weighted by Gasteiger charge is -2.05. The Balaban J connectivity index is 1.56. The Morgan fingerprint density at radius 3 is 2.90 bits per heavy atom. The number of nitrogens with one attached hydrogen (secondary N) is 1. The summed E-state index contributed by atoms with van der Waals surface area (Å²) in [6.45, 7) is 0.395. The maximum atomic E-state index is 12.1. The molecule has 5 nitrogen and oxygen atoms in total. The summed E-state index contributed by atoms with van der Waals surface area (Å²) in [7, 11) is 0. The van der Waals surface area contributed by atoms with E-state index in [-0.39, 0.29) is 5.97 Å². The topological polar surface area (TPSA) is 67.9 Å². The number of H-pyrrole nitrogens is 1. The molecular weight excluding hydrogens is 266 g/mol. The van der Waals surface area contributed by atoms with E-state index in [9.17, 15) is 4.79 Å². The van der Waals surface area contributed by atoms with Crippen LogP contribution in [0.3, 0.4) is 0 Å². The molecule has 1 N–H and O–H groups in total. The second kappa shape index (κ2) is 6.17. The van der Waals surface area contributed by atoms with E-state index in [1.54, 1.807) is 24.7 Å². The number of pyridine rings is 1. The fourth-order valence-electron chi connectivity index (χ4n) is 2.21. The number of hydrogen-bond acceptors (Lipinski definition) is 4. The molecule has 1 aromatic carbocycles. The number of benzene rings is 1. The van der Waals surface area contributed by atoms with Crippen LogP contribution in [0.25, 0.3) is 10.9 Å². The molecule has 0 aliphatic carbocycles. The summed E-state index contributed by atoms with van der Waals surface area (Å²) in [6.07, 6.45) is 6.87. The van der Waals surface area contributed by atoms with E-state index in [2.05, 4.69) is 15.2 Å². The highest BCUT2D eigenvalue weighted by atomic mass is 16.5. The SMILES string of the molecule is O=C(OCCCc1ccncc1)c1cccc2cn[nH]c12. The molecule has 0 atom stereocenters. The van der Waals surface area contributed by atoms with Gasteiger partial charge in [0.05, 0.1) is 23.9 Å². The lowest BCUT2D eigenvalue weighted by molar-refractivity contribution is 0.0502. The largest absolute Gasteiger partial charge is 0.462 e. The van der Waals surface area contributed by atoms with Crippen molar-refractivity contribution in [3.05, 3.63) is 60.0 Å². The summed E-state index contributed by atoms with van der Waals surface area (Å²) < 4.78 is 5.32. The minimum absolute atomic E-state index is 0.320. The fourth-order valence-corrected chi connectivity index (χ4v) is 2.21. The zero-order valence-corrected chi connectivity index (χ0v) is 11.5. The van der Waals surface area contributed by atoms with Gasteiger partial charge in [-0.3, -0.25) is 10.1 Å². The molecule has 3 aromatic rings. The molecule has 3 rings (SSSR count). The van der Waals surface area contributed by atoms with E-state index in [0.29, 0.717) is 12.2 Å². The van der Waals surface area contributed by atoms with Crippen LogP contribution in [0.5, 0.6) is 0 Å². The highest BCUT2D eigenvalue weighted by Crippen LogP contribution is 2.16. The lowest BCUT2D eigenvalue weighted by atomic mass is 10.1. The van der Waals surface area contributed by atoms with E-state index >= 15 is 0 Å². The molecule has 0 aliphatic heterocycles. The number of aromatic nitrogens is 3. The van der Waals surface area contributed by atoms with Crippen LogP contribution < -0.4 is 0 Å². The summed E-state index contributed by atoms with van der Waals surface area (Å²) in [5.41, 5.74) is 2.43. The number of ether oxygens (including phenoxy) is 1. The molecule has 0 bridgehead atoms. The van der Waals surface area contributed by atoms with Crippen molar-refractivity contribution in [3.63, 3.8) is 0 Å². The van der Waals surface area contributed by atoms with Gasteiger partial charge in [-0.25, -0.2) is 4.79 Å². The Hall–Kier alpha value is -2.69. The van der Waals surface area contributed by atoms with Crippen molar-refractivity contribution < 1.29 is 9.53 Å². The Labute approximate surface area is 122 Å². The molecular formula is C16H15N3O2.